The van der Waals surface area contributed by atoms with Crippen LogP contribution in [0.5, 0.6) is 0 Å². The average molecular weight is 313 g/mol. The van der Waals surface area contributed by atoms with Gasteiger partial charge >= 0.3 is 0 Å². The highest BCUT2D eigenvalue weighted by molar-refractivity contribution is 6.59. The molecule has 0 saturated heterocycles. The maximum absolute atomic E-state index is 11.3. The lowest BCUT2D eigenvalue weighted by Gasteiger charge is -2.32. The number of allylic oxidation sites excluding steroid dienone is 1. The topological polar surface area (TPSA) is 20.2 Å². The Morgan fingerprint density at radius 2 is 1.41 bits per heavy atom. The Balaban J connectivity index is 2.83. The minimum atomic E-state index is -1.34. The van der Waals surface area contributed by atoms with Crippen molar-refractivity contribution in [2.45, 2.75) is 51.4 Å². The fourth-order valence-electron chi connectivity index (χ4n) is 3.15. The lowest BCUT2D eigenvalue weighted by atomic mass is 9.82. The van der Waals surface area contributed by atoms with Crippen molar-refractivity contribution in [2.75, 3.05) is 0 Å². The van der Waals surface area contributed by atoms with Gasteiger partial charge in [-0.15, -0.1) is 0 Å². The molecule has 1 unspecified atom stereocenters. The molecule has 0 heterocycles. The standard InChI is InChI=1S/C20H28OSi/c1-7-14-20(21,22(5)6)18-13-12-17(19(2,3)4)15-10-8-9-11-16(15)18/h7-14,21-22H,1-6H3/b14-7-. The molecule has 22 heavy (non-hydrogen) atoms. The summed E-state index contributed by atoms with van der Waals surface area (Å²) in [5, 5.41) is 13.0. The van der Waals surface area contributed by atoms with E-state index in [0.717, 1.165) is 5.56 Å². The molecular formula is C20H28OSi. The van der Waals surface area contributed by atoms with Gasteiger partial charge in [0.1, 0.15) is 0 Å². The van der Waals surface area contributed by atoms with Crippen molar-refractivity contribution >= 4 is 19.6 Å². The van der Waals surface area contributed by atoms with Crippen LogP contribution in [0, 0.1) is 0 Å². The van der Waals surface area contributed by atoms with Crippen LogP contribution < -0.4 is 0 Å². The molecule has 2 rings (SSSR count). The predicted molar refractivity (Wildman–Crippen MR) is 100 cm³/mol. The Morgan fingerprint density at radius 1 is 0.909 bits per heavy atom. The van der Waals surface area contributed by atoms with Crippen LogP contribution in [-0.4, -0.2) is 13.9 Å². The first-order valence-corrected chi connectivity index (χ1v) is 11.0. The van der Waals surface area contributed by atoms with Crippen molar-refractivity contribution in [3.05, 3.63) is 59.7 Å². The number of rotatable bonds is 3. The summed E-state index contributed by atoms with van der Waals surface area (Å²) in [5.41, 5.74) is 2.47. The molecule has 0 spiro atoms. The maximum atomic E-state index is 11.3. The zero-order valence-electron chi connectivity index (χ0n) is 14.6. The maximum Gasteiger partial charge on any atom is 0.0930 e. The van der Waals surface area contributed by atoms with Crippen LogP contribution in [0.1, 0.15) is 38.8 Å². The average Bonchev–Trinajstić information content (AvgIpc) is 2.45. The van der Waals surface area contributed by atoms with Gasteiger partial charge in [-0.2, -0.15) is 0 Å². The smallest absolute Gasteiger partial charge is 0.0930 e. The van der Waals surface area contributed by atoms with E-state index in [1.54, 1.807) is 0 Å². The molecule has 0 aliphatic rings. The van der Waals surface area contributed by atoms with Crippen LogP contribution in [0.4, 0.5) is 0 Å². The molecule has 2 aromatic carbocycles. The summed E-state index contributed by atoms with van der Waals surface area (Å²) in [5.74, 6) is 0. The van der Waals surface area contributed by atoms with E-state index in [1.165, 1.54) is 16.3 Å². The number of aliphatic hydroxyl groups is 1. The van der Waals surface area contributed by atoms with Gasteiger partial charge in [0.2, 0.25) is 0 Å². The predicted octanol–water partition coefficient (Wildman–Crippen LogP) is 4.93. The Morgan fingerprint density at radius 3 is 1.86 bits per heavy atom. The van der Waals surface area contributed by atoms with Crippen molar-refractivity contribution < 1.29 is 5.11 Å². The Kier molecular flexibility index (Phi) is 4.64. The van der Waals surface area contributed by atoms with E-state index in [-0.39, 0.29) is 5.41 Å². The largest absolute Gasteiger partial charge is 0.385 e. The van der Waals surface area contributed by atoms with Crippen molar-refractivity contribution in [2.24, 2.45) is 0 Å². The number of fused-ring (bicyclic) bond motifs is 1. The van der Waals surface area contributed by atoms with Gasteiger partial charge in [0.05, 0.1) is 14.0 Å². The normalized spacial score (nSPS) is 15.6. The van der Waals surface area contributed by atoms with Crippen molar-refractivity contribution in [1.82, 2.24) is 0 Å². The first-order chi connectivity index (χ1) is 10.2. The molecule has 1 atom stereocenters. The Hall–Kier alpha value is -1.38. The molecule has 0 aromatic heterocycles. The third kappa shape index (κ3) is 2.90. The summed E-state index contributed by atoms with van der Waals surface area (Å²) < 4.78 is 0. The van der Waals surface area contributed by atoms with Crippen molar-refractivity contribution in [3.63, 3.8) is 0 Å². The van der Waals surface area contributed by atoms with Crippen LogP contribution in [-0.2, 0) is 10.6 Å². The first-order valence-electron chi connectivity index (χ1n) is 8.10. The van der Waals surface area contributed by atoms with Crippen molar-refractivity contribution in [3.8, 4) is 0 Å². The SMILES string of the molecule is C/C=C\C(O)(c1ccc(C(C)(C)C)c2ccccc12)[SiH](C)C. The van der Waals surface area contributed by atoms with Gasteiger partial charge in [0.25, 0.3) is 0 Å². The van der Waals surface area contributed by atoms with Gasteiger partial charge < -0.3 is 5.11 Å². The highest BCUT2D eigenvalue weighted by atomic mass is 28.3. The van der Waals surface area contributed by atoms with E-state index < -0.39 is 14.0 Å². The first kappa shape index (κ1) is 17.0. The van der Waals surface area contributed by atoms with Crippen LogP contribution in [0.25, 0.3) is 10.8 Å². The molecule has 1 N–H and O–H groups in total. The quantitative estimate of drug-likeness (QED) is 0.629. The zero-order chi connectivity index (χ0) is 16.5. The molecule has 0 bridgehead atoms. The highest BCUT2D eigenvalue weighted by Crippen LogP contribution is 2.37. The molecule has 118 valence electrons. The van der Waals surface area contributed by atoms with Crippen LogP contribution in [0.3, 0.4) is 0 Å². The fourth-order valence-corrected chi connectivity index (χ4v) is 4.60. The summed E-state index contributed by atoms with van der Waals surface area (Å²) >= 11 is 0. The van der Waals surface area contributed by atoms with Gasteiger partial charge in [-0.3, -0.25) is 0 Å². The molecule has 2 aromatic rings. The van der Waals surface area contributed by atoms with Gasteiger partial charge in [-0.1, -0.05) is 82.4 Å². The summed E-state index contributed by atoms with van der Waals surface area (Å²) in [6.07, 6.45) is 3.95. The molecule has 0 aliphatic heterocycles. The second-order valence-electron chi connectivity index (χ2n) is 7.44. The summed E-state index contributed by atoms with van der Waals surface area (Å²) in [7, 11) is -1.34. The molecule has 0 amide bonds. The van der Waals surface area contributed by atoms with Crippen LogP contribution in [0.15, 0.2) is 48.6 Å². The monoisotopic (exact) mass is 312 g/mol. The molecule has 0 saturated carbocycles. The molecule has 0 fully saturated rings. The molecule has 0 aliphatic carbocycles. The number of hydrogen-bond acceptors (Lipinski definition) is 1. The molecule has 1 nitrogen and oxygen atoms in total. The minimum absolute atomic E-state index is 0.0894. The lowest BCUT2D eigenvalue weighted by molar-refractivity contribution is 0.174. The third-order valence-corrected chi connectivity index (χ3v) is 6.73. The second kappa shape index (κ2) is 6.02. The fraction of sp³-hybridized carbons (Fsp3) is 0.400. The number of hydrogen-bond donors (Lipinski definition) is 1. The molecule has 0 radical (unpaired) electrons. The Labute approximate surface area is 136 Å². The molecular weight excluding hydrogens is 284 g/mol. The van der Waals surface area contributed by atoms with Gasteiger partial charge in [0, 0.05) is 0 Å². The van der Waals surface area contributed by atoms with E-state index in [1.807, 2.05) is 19.1 Å². The second-order valence-corrected chi connectivity index (χ2v) is 10.6. The van der Waals surface area contributed by atoms with Crippen LogP contribution in [0.2, 0.25) is 13.1 Å². The van der Waals surface area contributed by atoms with Crippen LogP contribution >= 0.6 is 0 Å². The van der Waals surface area contributed by atoms with E-state index in [0.29, 0.717) is 0 Å². The van der Waals surface area contributed by atoms with E-state index in [9.17, 15) is 5.11 Å². The summed E-state index contributed by atoms with van der Waals surface area (Å²) in [6.45, 7) is 13.1. The third-order valence-electron chi connectivity index (χ3n) is 4.46. The van der Waals surface area contributed by atoms with Gasteiger partial charge in [0.15, 0.2) is 0 Å². The minimum Gasteiger partial charge on any atom is -0.385 e. The Bertz CT molecular complexity index is 694. The van der Waals surface area contributed by atoms with Crippen molar-refractivity contribution in [1.29, 1.82) is 0 Å². The highest BCUT2D eigenvalue weighted by Gasteiger charge is 2.33. The molecule has 2 heteroatoms. The van der Waals surface area contributed by atoms with Gasteiger partial charge in [-0.25, -0.2) is 0 Å². The number of benzene rings is 2. The lowest BCUT2D eigenvalue weighted by Crippen LogP contribution is -2.37. The van der Waals surface area contributed by atoms with E-state index >= 15 is 0 Å². The summed E-state index contributed by atoms with van der Waals surface area (Å²) in [4.78, 5) is 0. The summed E-state index contributed by atoms with van der Waals surface area (Å²) in [6, 6.07) is 12.8. The zero-order valence-corrected chi connectivity index (χ0v) is 15.8. The van der Waals surface area contributed by atoms with E-state index in [4.69, 9.17) is 0 Å². The van der Waals surface area contributed by atoms with E-state index in [2.05, 4.69) is 70.3 Å². The van der Waals surface area contributed by atoms with Gasteiger partial charge in [-0.05, 0) is 34.2 Å².